The van der Waals surface area contributed by atoms with Gasteiger partial charge >= 0.3 is 0 Å². The number of aliphatic hydroxyl groups is 11. The predicted molar refractivity (Wildman–Crippen MR) is 420 cm³/mol. The van der Waals surface area contributed by atoms with Crippen LogP contribution in [0.25, 0.3) is 0 Å². The smallest absolute Gasteiger partial charge is 0.220 e. The van der Waals surface area contributed by atoms with Gasteiger partial charge in [0, 0.05) is 6.42 Å². The summed E-state index contributed by atoms with van der Waals surface area (Å²) in [6.45, 7) is 1.74. The second-order valence-corrected chi connectivity index (χ2v) is 30.3. The minimum atomic E-state index is -1.99. The number of hydrogen-bond donors (Lipinski definition) is 12. The molecule has 612 valence electrons. The summed E-state index contributed by atoms with van der Waals surface area (Å²) in [5.41, 5.74) is 0. The van der Waals surface area contributed by atoms with Crippen molar-refractivity contribution in [2.45, 2.75) is 439 Å². The average Bonchev–Trinajstić information content (AvgIpc) is 0.781. The van der Waals surface area contributed by atoms with Crippen molar-refractivity contribution >= 4 is 5.91 Å². The first-order valence-corrected chi connectivity index (χ1v) is 42.7. The molecule has 0 aromatic carbocycles. The molecule has 0 aromatic heterocycles. The lowest BCUT2D eigenvalue weighted by atomic mass is 9.96. The minimum absolute atomic E-state index is 0.232. The molecule has 19 nitrogen and oxygen atoms in total. The summed E-state index contributed by atoms with van der Waals surface area (Å²) >= 11 is 0. The van der Waals surface area contributed by atoms with Crippen molar-refractivity contribution in [3.05, 3.63) is 72.9 Å². The molecular weight excluding hydrogens is 1330 g/mol. The molecule has 3 aliphatic heterocycles. The Hall–Kier alpha value is -2.77. The molecule has 0 aromatic rings. The molecule has 3 rings (SSSR count). The molecular formula is C86H155NO18. The van der Waals surface area contributed by atoms with Crippen molar-refractivity contribution < 1.29 is 89.4 Å². The maximum atomic E-state index is 13.5. The third-order valence-electron chi connectivity index (χ3n) is 21.0. The van der Waals surface area contributed by atoms with Gasteiger partial charge in [-0.3, -0.25) is 4.79 Å². The maximum absolute atomic E-state index is 13.5. The molecule has 17 unspecified atom stereocenters. The van der Waals surface area contributed by atoms with Crippen LogP contribution in [0.3, 0.4) is 0 Å². The second kappa shape index (κ2) is 65.9. The Morgan fingerprint density at radius 2 is 0.638 bits per heavy atom. The molecule has 0 spiro atoms. The lowest BCUT2D eigenvalue weighted by Gasteiger charge is -2.48. The quantitative estimate of drug-likeness (QED) is 0.0199. The van der Waals surface area contributed by atoms with E-state index in [2.05, 4.69) is 79.9 Å². The zero-order valence-electron chi connectivity index (χ0n) is 65.7. The van der Waals surface area contributed by atoms with E-state index in [0.717, 1.165) is 57.8 Å². The van der Waals surface area contributed by atoms with E-state index in [1.54, 1.807) is 6.08 Å². The van der Waals surface area contributed by atoms with Gasteiger partial charge in [0.05, 0.1) is 38.6 Å². The average molecular weight is 1490 g/mol. The summed E-state index contributed by atoms with van der Waals surface area (Å²) in [7, 11) is 0. The minimum Gasteiger partial charge on any atom is -0.394 e. The topological polar surface area (TPSA) is 307 Å². The van der Waals surface area contributed by atoms with Crippen LogP contribution in [0.4, 0.5) is 0 Å². The van der Waals surface area contributed by atoms with Crippen LogP contribution < -0.4 is 5.32 Å². The Morgan fingerprint density at radius 3 is 1.02 bits per heavy atom. The molecule has 105 heavy (non-hydrogen) atoms. The Morgan fingerprint density at radius 1 is 0.343 bits per heavy atom. The molecule has 3 heterocycles. The maximum Gasteiger partial charge on any atom is 0.220 e. The fourth-order valence-corrected chi connectivity index (χ4v) is 14.1. The Balaban J connectivity index is 1.35. The lowest BCUT2D eigenvalue weighted by molar-refractivity contribution is -0.379. The number of amides is 1. The van der Waals surface area contributed by atoms with E-state index in [9.17, 15) is 61.0 Å². The number of nitrogens with one attached hydrogen (secondary N) is 1. The van der Waals surface area contributed by atoms with E-state index < -0.39 is 124 Å². The van der Waals surface area contributed by atoms with Gasteiger partial charge in [-0.05, 0) is 83.5 Å². The number of hydrogen-bond acceptors (Lipinski definition) is 18. The Bertz CT molecular complexity index is 2180. The van der Waals surface area contributed by atoms with Gasteiger partial charge in [-0.25, -0.2) is 0 Å². The normalized spacial score (nSPS) is 26.1. The first-order chi connectivity index (χ1) is 51.3. The first kappa shape index (κ1) is 96.4. The number of unbranched alkanes of at least 4 members (excludes halogenated alkanes) is 42. The summed E-state index contributed by atoms with van der Waals surface area (Å²) < 4.78 is 34.5. The largest absolute Gasteiger partial charge is 0.394 e. The van der Waals surface area contributed by atoms with E-state index in [4.69, 9.17) is 28.4 Å². The van der Waals surface area contributed by atoms with Crippen molar-refractivity contribution in [2.24, 2.45) is 0 Å². The highest BCUT2D eigenvalue weighted by atomic mass is 16.8. The van der Waals surface area contributed by atoms with Gasteiger partial charge in [0.2, 0.25) is 5.91 Å². The summed E-state index contributed by atoms with van der Waals surface area (Å²) in [5.74, 6) is -0.286. The van der Waals surface area contributed by atoms with Gasteiger partial charge in [0.1, 0.15) is 73.2 Å². The van der Waals surface area contributed by atoms with Crippen molar-refractivity contribution in [1.29, 1.82) is 0 Å². The van der Waals surface area contributed by atoms with Crippen LogP contribution >= 0.6 is 0 Å². The fraction of sp³-hybridized carbons (Fsp3) is 0.849. The van der Waals surface area contributed by atoms with E-state index in [-0.39, 0.29) is 18.9 Å². The van der Waals surface area contributed by atoms with Crippen molar-refractivity contribution in [3.8, 4) is 0 Å². The number of carbonyl (C=O) groups is 1. The van der Waals surface area contributed by atoms with Crippen molar-refractivity contribution in [3.63, 3.8) is 0 Å². The molecule has 19 heteroatoms. The predicted octanol–water partition coefficient (Wildman–Crippen LogP) is 15.2. The van der Waals surface area contributed by atoms with Crippen LogP contribution in [0.1, 0.15) is 335 Å². The molecule has 3 saturated heterocycles. The van der Waals surface area contributed by atoms with Gasteiger partial charge in [-0.2, -0.15) is 0 Å². The third kappa shape index (κ3) is 45.4. The number of carbonyl (C=O) groups excluding carboxylic acids is 1. The molecule has 0 bridgehead atoms. The van der Waals surface area contributed by atoms with Gasteiger partial charge in [-0.1, -0.05) is 318 Å². The van der Waals surface area contributed by atoms with E-state index in [1.807, 2.05) is 6.08 Å². The van der Waals surface area contributed by atoms with Gasteiger partial charge in [0.15, 0.2) is 18.9 Å². The molecule has 3 fully saturated rings. The highest BCUT2D eigenvalue weighted by Gasteiger charge is 2.54. The summed E-state index contributed by atoms with van der Waals surface area (Å²) in [4.78, 5) is 13.5. The summed E-state index contributed by atoms with van der Waals surface area (Å²) in [5, 5.41) is 121. The number of rotatable bonds is 68. The Kier molecular flexibility index (Phi) is 60.5. The van der Waals surface area contributed by atoms with E-state index in [1.165, 1.54) is 244 Å². The number of ether oxygens (including phenoxy) is 6. The van der Waals surface area contributed by atoms with Crippen LogP contribution in [0.2, 0.25) is 0 Å². The third-order valence-corrected chi connectivity index (χ3v) is 21.0. The van der Waals surface area contributed by atoms with Crippen molar-refractivity contribution in [2.75, 3.05) is 26.4 Å². The molecule has 0 aliphatic carbocycles. The standard InChI is InChI=1S/C86H155NO18/c1-3-5-7-9-11-13-15-17-19-21-23-25-27-29-30-31-32-33-34-35-36-37-38-40-42-44-46-48-50-52-54-56-58-60-62-64-74(92)87-69(70(91)63-61-59-57-55-53-51-49-47-45-43-41-39-28-26-24-22-20-18-16-14-12-10-8-6-4-2)68-100-84-80(98)77(95)82(72(66-89)102-84)105-86-81(99)78(96)83(73(67-90)103-86)104-85-79(97)76(94)75(93)71(65-88)101-85/h15,17,21,23,27,29,45,47,53,55,61,63,69-73,75-86,88-91,93-99H,3-14,16,18-20,22,24-26,28,30-44,46,48-52,54,56-60,62,64-68H2,1-2H3,(H,87,92)/b17-15-,23-21-,29-27-,47-45+,55-53+,63-61+. The van der Waals surface area contributed by atoms with E-state index >= 15 is 0 Å². The highest BCUT2D eigenvalue weighted by molar-refractivity contribution is 5.76. The lowest BCUT2D eigenvalue weighted by Crippen LogP contribution is -2.66. The number of allylic oxidation sites excluding steroid dienone is 11. The zero-order chi connectivity index (χ0) is 76.0. The van der Waals surface area contributed by atoms with E-state index in [0.29, 0.717) is 12.8 Å². The van der Waals surface area contributed by atoms with Crippen LogP contribution in [-0.4, -0.2) is 193 Å². The summed E-state index contributed by atoms with van der Waals surface area (Å²) in [6, 6.07) is -1.00. The Labute approximate surface area is 636 Å². The summed E-state index contributed by atoms with van der Waals surface area (Å²) in [6.07, 6.45) is 60.5. The van der Waals surface area contributed by atoms with Crippen LogP contribution in [0.5, 0.6) is 0 Å². The van der Waals surface area contributed by atoms with Crippen LogP contribution in [0, 0.1) is 0 Å². The fourth-order valence-electron chi connectivity index (χ4n) is 14.1. The van der Waals surface area contributed by atoms with Gasteiger partial charge in [-0.15, -0.1) is 0 Å². The molecule has 1 amide bonds. The highest BCUT2D eigenvalue weighted by Crippen LogP contribution is 2.33. The van der Waals surface area contributed by atoms with Gasteiger partial charge in [0.25, 0.3) is 0 Å². The van der Waals surface area contributed by atoms with Crippen LogP contribution in [-0.2, 0) is 33.2 Å². The second-order valence-electron chi connectivity index (χ2n) is 30.3. The van der Waals surface area contributed by atoms with Gasteiger partial charge < -0.3 is 89.9 Å². The van der Waals surface area contributed by atoms with Crippen molar-refractivity contribution in [1.82, 2.24) is 5.32 Å². The molecule has 0 saturated carbocycles. The molecule has 3 aliphatic rings. The number of aliphatic hydroxyl groups excluding tert-OH is 11. The first-order valence-electron chi connectivity index (χ1n) is 42.7. The zero-order valence-corrected chi connectivity index (χ0v) is 65.7. The van der Waals surface area contributed by atoms with Crippen LogP contribution in [0.15, 0.2) is 72.9 Å². The monoisotopic (exact) mass is 1490 g/mol. The molecule has 0 radical (unpaired) electrons. The molecule has 17 atom stereocenters. The molecule has 12 N–H and O–H groups in total. The SMILES string of the molecule is CCCCCCC/C=C\C/C=C\C/C=C\CCCCCCCCCCCCCCCCCCCCCCC(=O)NC(COC1OC(CO)C(OC2OC(CO)C(OC3OC(CO)C(O)C(O)C3O)C(O)C2O)C(O)C1O)C(O)/C=C/CC/C=C/CC/C=C/CCCCCCCCCCCCCCCCC.